The van der Waals surface area contributed by atoms with Crippen molar-refractivity contribution < 1.29 is 14.6 Å². The molecule has 0 aliphatic carbocycles. The highest BCUT2D eigenvalue weighted by Gasteiger charge is 2.35. The monoisotopic (exact) mass is 437 g/mol. The van der Waals surface area contributed by atoms with E-state index in [4.69, 9.17) is 20.2 Å². The second-order valence-corrected chi connectivity index (χ2v) is 7.79. The lowest BCUT2D eigenvalue weighted by Crippen LogP contribution is -2.15. The summed E-state index contributed by atoms with van der Waals surface area (Å²) in [5.41, 5.74) is 10.6. The van der Waals surface area contributed by atoms with E-state index >= 15 is 0 Å². The Labute approximate surface area is 188 Å². The molecule has 1 unspecified atom stereocenters. The van der Waals surface area contributed by atoms with E-state index in [0.29, 0.717) is 28.8 Å². The summed E-state index contributed by atoms with van der Waals surface area (Å²) < 4.78 is 13.5. The Hall–Kier alpha value is -4.59. The van der Waals surface area contributed by atoms with Gasteiger partial charge in [0.2, 0.25) is 5.88 Å². The van der Waals surface area contributed by atoms with Crippen LogP contribution in [0.1, 0.15) is 22.6 Å². The van der Waals surface area contributed by atoms with Crippen LogP contribution in [0.15, 0.2) is 73.1 Å². The largest absolute Gasteiger partial charge is 0.508 e. The summed E-state index contributed by atoms with van der Waals surface area (Å²) in [7, 11) is 1.64. The number of ether oxygens (including phenoxy) is 2. The summed E-state index contributed by atoms with van der Waals surface area (Å²) in [4.78, 5) is 9.37. The Bertz CT molecular complexity index is 1510. The van der Waals surface area contributed by atoms with Crippen LogP contribution in [0.25, 0.3) is 17.0 Å². The van der Waals surface area contributed by atoms with E-state index in [1.807, 2.05) is 54.6 Å². The zero-order valence-corrected chi connectivity index (χ0v) is 17.6. The number of rotatable bonds is 3. The quantitative estimate of drug-likeness (QED) is 0.396. The molecule has 8 nitrogen and oxygen atoms in total. The van der Waals surface area contributed by atoms with Crippen molar-refractivity contribution in [2.24, 2.45) is 0 Å². The van der Waals surface area contributed by atoms with Crippen LogP contribution in [0.5, 0.6) is 23.1 Å². The second kappa shape index (κ2) is 7.23. The standard InChI is InChI=1S/C25H19N5O3/c1-32-19-5-3-2-4-17(19)21-18-11-10-16(31)12-20(18)33-25-22(21)24-28-23(29-30(24)13-27-25)14-6-8-15(26)9-7-14/h2-13,21,31H,26H2,1H3. The van der Waals surface area contributed by atoms with Crippen molar-refractivity contribution >= 4 is 11.3 Å². The lowest BCUT2D eigenvalue weighted by atomic mass is 9.83. The Kier molecular flexibility index (Phi) is 4.19. The average Bonchev–Trinajstić information content (AvgIpc) is 3.27. The minimum absolute atomic E-state index is 0.116. The van der Waals surface area contributed by atoms with E-state index in [-0.39, 0.29) is 11.7 Å². The fourth-order valence-electron chi connectivity index (χ4n) is 4.29. The van der Waals surface area contributed by atoms with E-state index in [9.17, 15) is 5.11 Å². The van der Waals surface area contributed by atoms with Gasteiger partial charge in [-0.05, 0) is 36.4 Å². The normalized spacial score (nSPS) is 14.4. The topological polar surface area (TPSA) is 108 Å². The van der Waals surface area contributed by atoms with Crippen molar-refractivity contribution in [1.29, 1.82) is 0 Å². The first kappa shape index (κ1) is 19.1. The van der Waals surface area contributed by atoms with Crippen LogP contribution in [0.3, 0.4) is 0 Å². The summed E-state index contributed by atoms with van der Waals surface area (Å²) in [5, 5.41) is 14.7. The number of anilines is 1. The van der Waals surface area contributed by atoms with Gasteiger partial charge in [0.1, 0.15) is 23.6 Å². The van der Waals surface area contributed by atoms with Gasteiger partial charge >= 0.3 is 0 Å². The van der Waals surface area contributed by atoms with Gasteiger partial charge in [-0.25, -0.2) is 14.5 Å². The number of hydrogen-bond donors (Lipinski definition) is 2. The van der Waals surface area contributed by atoms with Gasteiger partial charge in [-0.2, -0.15) is 0 Å². The molecular formula is C25H19N5O3. The van der Waals surface area contributed by atoms with Crippen molar-refractivity contribution in [2.45, 2.75) is 5.92 Å². The van der Waals surface area contributed by atoms with Gasteiger partial charge in [0.05, 0.1) is 18.6 Å². The molecule has 0 saturated heterocycles. The maximum Gasteiger partial charge on any atom is 0.228 e. The fraction of sp³-hybridized carbons (Fsp3) is 0.0800. The number of fused-ring (bicyclic) bond motifs is 4. The maximum absolute atomic E-state index is 10.1. The number of phenols is 1. The van der Waals surface area contributed by atoms with Crippen molar-refractivity contribution in [3.8, 4) is 34.5 Å². The zero-order chi connectivity index (χ0) is 22.5. The molecule has 3 aromatic carbocycles. The number of nitrogen functional groups attached to an aromatic ring is 1. The van der Waals surface area contributed by atoms with Gasteiger partial charge in [0, 0.05) is 28.4 Å². The third-order valence-electron chi connectivity index (χ3n) is 5.81. The number of para-hydroxylation sites is 1. The summed E-state index contributed by atoms with van der Waals surface area (Å²) in [5.74, 6) is 2.06. The predicted molar refractivity (Wildman–Crippen MR) is 123 cm³/mol. The van der Waals surface area contributed by atoms with Gasteiger partial charge in [-0.3, -0.25) is 0 Å². The van der Waals surface area contributed by atoms with Crippen LogP contribution >= 0.6 is 0 Å². The first-order valence-electron chi connectivity index (χ1n) is 10.4. The number of benzene rings is 3. The van der Waals surface area contributed by atoms with Crippen LogP contribution in [0, 0.1) is 0 Å². The molecule has 1 aliphatic heterocycles. The molecular weight excluding hydrogens is 418 g/mol. The van der Waals surface area contributed by atoms with E-state index in [2.05, 4.69) is 10.1 Å². The number of methoxy groups -OCH3 is 1. The summed E-state index contributed by atoms with van der Waals surface area (Å²) in [6, 6.07) is 20.3. The zero-order valence-electron chi connectivity index (χ0n) is 17.6. The number of nitrogens with two attached hydrogens (primary N) is 1. The maximum atomic E-state index is 10.1. The van der Waals surface area contributed by atoms with Crippen LogP contribution in [0.2, 0.25) is 0 Å². The van der Waals surface area contributed by atoms with Crippen LogP contribution in [-0.2, 0) is 0 Å². The Morgan fingerprint density at radius 1 is 1.03 bits per heavy atom. The summed E-state index contributed by atoms with van der Waals surface area (Å²) in [6.45, 7) is 0. The molecule has 1 atom stereocenters. The number of nitrogens with zero attached hydrogens (tertiary/aromatic N) is 4. The van der Waals surface area contributed by atoms with E-state index < -0.39 is 0 Å². The van der Waals surface area contributed by atoms with E-state index in [1.165, 1.54) is 0 Å². The molecule has 162 valence electrons. The highest BCUT2D eigenvalue weighted by Crippen LogP contribution is 2.50. The average molecular weight is 437 g/mol. The lowest BCUT2D eigenvalue weighted by Gasteiger charge is -2.28. The van der Waals surface area contributed by atoms with Gasteiger partial charge in [0.25, 0.3) is 0 Å². The molecule has 3 N–H and O–H groups in total. The third-order valence-corrected chi connectivity index (χ3v) is 5.81. The molecule has 0 fully saturated rings. The Balaban J connectivity index is 1.63. The number of phenolic OH excluding ortho intramolecular Hbond substituents is 1. The lowest BCUT2D eigenvalue weighted by molar-refractivity contribution is 0.401. The van der Waals surface area contributed by atoms with Crippen molar-refractivity contribution in [3.63, 3.8) is 0 Å². The van der Waals surface area contributed by atoms with E-state index in [1.54, 1.807) is 30.1 Å². The predicted octanol–water partition coefficient (Wildman–Crippen LogP) is 4.37. The molecule has 0 spiro atoms. The fourth-order valence-corrected chi connectivity index (χ4v) is 4.29. The van der Waals surface area contributed by atoms with Crippen molar-refractivity contribution in [2.75, 3.05) is 12.8 Å². The molecule has 0 amide bonds. The molecule has 5 aromatic rings. The minimum atomic E-state index is -0.292. The summed E-state index contributed by atoms with van der Waals surface area (Å²) in [6.07, 6.45) is 1.58. The number of aromatic hydroxyl groups is 1. The van der Waals surface area contributed by atoms with E-state index in [0.717, 1.165) is 28.0 Å². The van der Waals surface area contributed by atoms with Gasteiger partial charge in [-0.1, -0.05) is 24.3 Å². The van der Waals surface area contributed by atoms with Crippen LogP contribution in [-0.4, -0.2) is 31.8 Å². The molecule has 0 bridgehead atoms. The highest BCUT2D eigenvalue weighted by atomic mass is 16.5. The molecule has 8 heteroatoms. The molecule has 33 heavy (non-hydrogen) atoms. The first-order chi connectivity index (χ1) is 16.1. The van der Waals surface area contributed by atoms with Gasteiger partial charge in [0.15, 0.2) is 11.5 Å². The molecule has 0 saturated carbocycles. The number of aromatic nitrogens is 4. The molecule has 0 radical (unpaired) electrons. The minimum Gasteiger partial charge on any atom is -0.508 e. The SMILES string of the molecule is COc1ccccc1C1c2ccc(O)cc2Oc2ncn3nc(-c4ccc(N)cc4)nc3c21. The first-order valence-corrected chi connectivity index (χ1v) is 10.4. The van der Waals surface area contributed by atoms with Crippen molar-refractivity contribution in [3.05, 3.63) is 89.7 Å². The van der Waals surface area contributed by atoms with Gasteiger partial charge < -0.3 is 20.3 Å². The highest BCUT2D eigenvalue weighted by molar-refractivity contribution is 5.70. The van der Waals surface area contributed by atoms with Gasteiger partial charge in [-0.15, -0.1) is 5.10 Å². The molecule has 3 heterocycles. The molecule has 2 aromatic heterocycles. The Morgan fingerprint density at radius 3 is 2.67 bits per heavy atom. The Morgan fingerprint density at radius 2 is 1.85 bits per heavy atom. The third kappa shape index (κ3) is 3.03. The van der Waals surface area contributed by atoms with Crippen LogP contribution < -0.4 is 15.2 Å². The van der Waals surface area contributed by atoms with Crippen LogP contribution in [0.4, 0.5) is 5.69 Å². The molecule has 6 rings (SSSR count). The smallest absolute Gasteiger partial charge is 0.228 e. The molecule has 1 aliphatic rings. The number of hydrogen-bond acceptors (Lipinski definition) is 7. The second-order valence-electron chi connectivity index (χ2n) is 7.79. The summed E-state index contributed by atoms with van der Waals surface area (Å²) >= 11 is 0. The van der Waals surface area contributed by atoms with Crippen molar-refractivity contribution in [1.82, 2.24) is 19.6 Å².